The predicted octanol–water partition coefficient (Wildman–Crippen LogP) is 5.18. The fraction of sp³-hybridized carbons (Fsp3) is 0.520. The largest absolute Gasteiger partial charge is 0.465 e. The Labute approximate surface area is 232 Å². The lowest BCUT2D eigenvalue weighted by molar-refractivity contribution is -0.140. The molecular formula is C25H28Cl2F3N7O2. The highest BCUT2D eigenvalue weighted by Gasteiger charge is 2.40. The van der Waals surface area contributed by atoms with E-state index in [0.29, 0.717) is 46.4 Å². The molecule has 0 spiro atoms. The number of anilines is 1. The number of hydrogen-bond donors (Lipinski definition) is 2. The second-order valence-electron chi connectivity index (χ2n) is 10.1. The van der Waals surface area contributed by atoms with Crippen LogP contribution in [0.3, 0.4) is 0 Å². The maximum absolute atomic E-state index is 13.8. The SMILES string of the molecule is C[C@H](c1ccc(Cl)cc1Cl)n1nc(C(F)(F)F)c2ncc(N3CC(C4CCCN(CCNC(=O)O)C4)C3)nc21. The molecule has 9 nitrogen and oxygen atoms in total. The molecule has 2 fully saturated rings. The van der Waals surface area contributed by atoms with Crippen LogP contribution in [0.4, 0.5) is 23.8 Å². The fourth-order valence-electron chi connectivity index (χ4n) is 5.48. The van der Waals surface area contributed by atoms with Crippen molar-refractivity contribution in [2.24, 2.45) is 11.8 Å². The van der Waals surface area contributed by atoms with Crippen molar-refractivity contribution >= 4 is 46.3 Å². The van der Waals surface area contributed by atoms with E-state index < -0.39 is 24.0 Å². The van der Waals surface area contributed by atoms with E-state index in [0.717, 1.165) is 39.0 Å². The van der Waals surface area contributed by atoms with E-state index >= 15 is 0 Å². The van der Waals surface area contributed by atoms with Crippen LogP contribution in [0.25, 0.3) is 11.2 Å². The highest BCUT2D eigenvalue weighted by Crippen LogP contribution is 2.38. The number of carbonyl (C=O) groups is 1. The van der Waals surface area contributed by atoms with Crippen molar-refractivity contribution in [3.63, 3.8) is 0 Å². The minimum atomic E-state index is -4.70. The van der Waals surface area contributed by atoms with Crippen molar-refractivity contribution < 1.29 is 23.1 Å². The topological polar surface area (TPSA) is 99.4 Å². The van der Waals surface area contributed by atoms with E-state index in [2.05, 4.69) is 25.3 Å². The van der Waals surface area contributed by atoms with Crippen molar-refractivity contribution in [3.05, 3.63) is 45.7 Å². The maximum atomic E-state index is 13.8. The Morgan fingerprint density at radius 1 is 1.23 bits per heavy atom. The van der Waals surface area contributed by atoms with Crippen LogP contribution >= 0.6 is 23.2 Å². The molecule has 2 aliphatic rings. The molecule has 5 rings (SSSR count). The predicted molar refractivity (Wildman–Crippen MR) is 141 cm³/mol. The van der Waals surface area contributed by atoms with Gasteiger partial charge in [0.15, 0.2) is 11.3 Å². The minimum absolute atomic E-state index is 0.0385. The van der Waals surface area contributed by atoms with Crippen LogP contribution in [0, 0.1) is 11.8 Å². The Bertz CT molecular complexity index is 1360. The zero-order valence-electron chi connectivity index (χ0n) is 21.1. The first-order valence-electron chi connectivity index (χ1n) is 12.7. The lowest BCUT2D eigenvalue weighted by Gasteiger charge is -2.47. The first-order valence-corrected chi connectivity index (χ1v) is 13.5. The number of fused-ring (bicyclic) bond motifs is 1. The number of alkyl halides is 3. The summed E-state index contributed by atoms with van der Waals surface area (Å²) < 4.78 is 42.7. The van der Waals surface area contributed by atoms with Crippen LogP contribution < -0.4 is 10.2 Å². The van der Waals surface area contributed by atoms with Gasteiger partial charge in [-0.1, -0.05) is 29.3 Å². The van der Waals surface area contributed by atoms with E-state index in [1.165, 1.54) is 16.9 Å². The molecule has 0 saturated carbocycles. The molecule has 1 aromatic carbocycles. The van der Waals surface area contributed by atoms with Gasteiger partial charge in [-0.05, 0) is 55.8 Å². The molecule has 210 valence electrons. The molecule has 2 aliphatic heterocycles. The van der Waals surface area contributed by atoms with Crippen molar-refractivity contribution in [2.75, 3.05) is 44.2 Å². The second kappa shape index (κ2) is 11.0. The summed E-state index contributed by atoms with van der Waals surface area (Å²) in [6.07, 6.45) is -2.20. The first-order chi connectivity index (χ1) is 18.5. The van der Waals surface area contributed by atoms with E-state index in [1.807, 2.05) is 4.90 Å². The molecule has 2 N–H and O–H groups in total. The molecule has 0 aliphatic carbocycles. The second-order valence-corrected chi connectivity index (χ2v) is 11.0. The van der Waals surface area contributed by atoms with Crippen molar-refractivity contribution in [3.8, 4) is 0 Å². The Hall–Kier alpha value is -2.83. The van der Waals surface area contributed by atoms with E-state index in [4.69, 9.17) is 28.3 Å². The number of nitrogens with zero attached hydrogens (tertiary/aromatic N) is 6. The van der Waals surface area contributed by atoms with Crippen molar-refractivity contribution in [1.29, 1.82) is 0 Å². The summed E-state index contributed by atoms with van der Waals surface area (Å²) in [4.78, 5) is 23.8. The minimum Gasteiger partial charge on any atom is -0.465 e. The molecule has 4 heterocycles. The van der Waals surface area contributed by atoms with Gasteiger partial charge in [-0.25, -0.2) is 19.4 Å². The highest BCUT2D eigenvalue weighted by molar-refractivity contribution is 6.35. The molecule has 1 unspecified atom stereocenters. The molecule has 1 amide bonds. The standard InChI is InChI=1S/C25H28Cl2F3N7O2/c1-14(18-5-4-17(26)9-19(18)27)37-23-21(22(34-37)25(28,29)30)32-10-20(33-23)36-12-16(13-36)15-3-2-7-35(11-15)8-6-31-24(38)39/h4-5,9-10,14-16,31H,2-3,6-8,11-13H2,1H3,(H,38,39)/t14-,15?/m1/s1. The summed E-state index contributed by atoms with van der Waals surface area (Å²) in [7, 11) is 0. The summed E-state index contributed by atoms with van der Waals surface area (Å²) in [5.74, 6) is 1.38. The Balaban J connectivity index is 1.34. The van der Waals surface area contributed by atoms with Crippen LogP contribution in [0.1, 0.15) is 37.1 Å². The van der Waals surface area contributed by atoms with Gasteiger partial charge in [0.1, 0.15) is 11.3 Å². The van der Waals surface area contributed by atoms with Gasteiger partial charge in [0.25, 0.3) is 0 Å². The van der Waals surface area contributed by atoms with Gasteiger partial charge in [0.05, 0.1) is 12.2 Å². The summed E-state index contributed by atoms with van der Waals surface area (Å²) in [5.41, 5.74) is -0.791. The van der Waals surface area contributed by atoms with Crippen LogP contribution in [-0.4, -0.2) is 75.1 Å². The summed E-state index contributed by atoms with van der Waals surface area (Å²) in [5, 5.41) is 15.8. The molecule has 2 saturated heterocycles. The maximum Gasteiger partial charge on any atom is 0.437 e. The Morgan fingerprint density at radius 2 is 2.00 bits per heavy atom. The number of halogens is 5. The average Bonchev–Trinajstić information content (AvgIpc) is 3.22. The van der Waals surface area contributed by atoms with Gasteiger partial charge in [-0.15, -0.1) is 0 Å². The van der Waals surface area contributed by atoms with Crippen LogP contribution in [0.5, 0.6) is 0 Å². The number of amides is 1. The molecule has 0 radical (unpaired) electrons. The molecule has 2 atom stereocenters. The van der Waals surface area contributed by atoms with Crippen molar-refractivity contribution in [2.45, 2.75) is 32.0 Å². The zero-order valence-corrected chi connectivity index (χ0v) is 22.6. The molecule has 0 bridgehead atoms. The molecule has 3 aromatic rings. The smallest absolute Gasteiger partial charge is 0.437 e. The number of hydrogen-bond acceptors (Lipinski definition) is 6. The number of benzene rings is 1. The number of likely N-dealkylation sites (tertiary alicyclic amines) is 1. The molecule has 2 aromatic heterocycles. The van der Waals surface area contributed by atoms with E-state index in [1.54, 1.807) is 19.1 Å². The number of rotatable bonds is 7. The Morgan fingerprint density at radius 3 is 2.69 bits per heavy atom. The third-order valence-electron chi connectivity index (χ3n) is 7.59. The van der Waals surface area contributed by atoms with Crippen molar-refractivity contribution in [1.82, 2.24) is 30.0 Å². The highest BCUT2D eigenvalue weighted by atomic mass is 35.5. The number of piperidine rings is 1. The summed E-state index contributed by atoms with van der Waals surface area (Å²) >= 11 is 12.4. The van der Waals surface area contributed by atoms with Crippen LogP contribution in [0.15, 0.2) is 24.4 Å². The van der Waals surface area contributed by atoms with Gasteiger partial charge < -0.3 is 20.2 Å². The lowest BCUT2D eigenvalue weighted by Crippen LogP contribution is -2.54. The molecule has 39 heavy (non-hydrogen) atoms. The van der Waals surface area contributed by atoms with Crippen LogP contribution in [-0.2, 0) is 6.18 Å². The van der Waals surface area contributed by atoms with Gasteiger partial charge in [0.2, 0.25) is 0 Å². The van der Waals surface area contributed by atoms with Gasteiger partial charge in [0, 0.05) is 42.8 Å². The lowest BCUT2D eigenvalue weighted by atomic mass is 9.80. The fourth-order valence-corrected chi connectivity index (χ4v) is 6.05. The van der Waals surface area contributed by atoms with Crippen LogP contribution in [0.2, 0.25) is 10.0 Å². The Kier molecular flexibility index (Phi) is 7.80. The van der Waals surface area contributed by atoms with Gasteiger partial charge in [-0.2, -0.15) is 18.3 Å². The van der Waals surface area contributed by atoms with Gasteiger partial charge >= 0.3 is 12.3 Å². The summed E-state index contributed by atoms with van der Waals surface area (Å²) in [6.45, 7) is 6.06. The summed E-state index contributed by atoms with van der Waals surface area (Å²) in [6, 6.07) is 4.18. The number of aromatic nitrogens is 4. The van der Waals surface area contributed by atoms with Gasteiger partial charge in [-0.3, -0.25) is 0 Å². The third kappa shape index (κ3) is 5.87. The first kappa shape index (κ1) is 27.7. The third-order valence-corrected chi connectivity index (χ3v) is 8.15. The quantitative estimate of drug-likeness (QED) is 0.394. The van der Waals surface area contributed by atoms with E-state index in [9.17, 15) is 18.0 Å². The average molecular weight is 586 g/mol. The molecular weight excluding hydrogens is 558 g/mol. The normalized spacial score (nSPS) is 19.7. The number of nitrogens with one attached hydrogen (secondary N) is 1. The monoisotopic (exact) mass is 585 g/mol. The molecule has 14 heteroatoms. The number of carboxylic acid groups (broad SMARTS) is 1. The zero-order chi connectivity index (χ0) is 27.9. The van der Waals surface area contributed by atoms with E-state index in [-0.39, 0.29) is 11.2 Å².